The average Bonchev–Trinajstić information content (AvgIpc) is 3.41. The predicted octanol–water partition coefficient (Wildman–Crippen LogP) is 4.07. The van der Waals surface area contributed by atoms with Crippen molar-refractivity contribution in [3.8, 4) is 0 Å². The van der Waals surface area contributed by atoms with Gasteiger partial charge < -0.3 is 19.3 Å². The van der Waals surface area contributed by atoms with E-state index in [4.69, 9.17) is 0 Å². The summed E-state index contributed by atoms with van der Waals surface area (Å²) in [4.78, 5) is 14.9. The third kappa shape index (κ3) is 4.11. The minimum atomic E-state index is -4.58. The number of hydrogen-bond donors (Lipinski definition) is 1. The number of carbonyl (C=O) groups is 1. The van der Waals surface area contributed by atoms with E-state index in [1.54, 1.807) is 29.1 Å². The molecule has 0 atom stereocenters. The fourth-order valence-corrected chi connectivity index (χ4v) is 7.46. The van der Waals surface area contributed by atoms with E-state index in [0.717, 1.165) is 24.8 Å². The number of amides is 1. The van der Waals surface area contributed by atoms with Crippen LogP contribution in [0.5, 0.6) is 0 Å². The van der Waals surface area contributed by atoms with Crippen molar-refractivity contribution in [1.29, 1.82) is 0 Å². The zero-order valence-corrected chi connectivity index (χ0v) is 22.0. The minimum absolute atomic E-state index is 0.000675. The van der Waals surface area contributed by atoms with Crippen LogP contribution in [-0.2, 0) is 42.9 Å². The standard InChI is InChI=1S/C27H28F3N5O2S/c1-25(7-4-8-25)31-12-17-9-20-21(22(10-17)27(28,29)30)13-35(23(20)36)19-6-3-5-18(11-19)26(14-38(37)15-26)24-33-32-16-34(24)2/h3,5-6,9-11,16,31H,4,7-8,12-15H2,1-2H3/t26-,38+. The molecule has 1 saturated carbocycles. The molecule has 3 heterocycles. The van der Waals surface area contributed by atoms with Crippen molar-refractivity contribution >= 4 is 22.8 Å². The van der Waals surface area contributed by atoms with Gasteiger partial charge in [0.1, 0.15) is 23.2 Å². The molecule has 1 amide bonds. The van der Waals surface area contributed by atoms with Crippen LogP contribution in [0, 0.1) is 0 Å². The normalized spacial score (nSPS) is 24.2. The van der Waals surface area contributed by atoms with Gasteiger partial charge in [-0.15, -0.1) is 10.2 Å². The molecular formula is C27H28F3N5O2S. The Bertz CT molecular complexity index is 1410. The van der Waals surface area contributed by atoms with Crippen molar-refractivity contribution in [3.63, 3.8) is 0 Å². The van der Waals surface area contributed by atoms with E-state index in [1.807, 2.05) is 19.2 Å². The first-order valence-electron chi connectivity index (χ1n) is 12.6. The summed E-state index contributed by atoms with van der Waals surface area (Å²) in [5, 5.41) is 11.6. The number of anilines is 1. The van der Waals surface area contributed by atoms with Crippen LogP contribution in [0.25, 0.3) is 0 Å². The Hall–Kier alpha value is -2.89. The van der Waals surface area contributed by atoms with Crippen molar-refractivity contribution < 1.29 is 22.5 Å². The van der Waals surface area contributed by atoms with Gasteiger partial charge >= 0.3 is 6.18 Å². The molecule has 6 rings (SSSR count). The molecule has 1 aromatic heterocycles. The van der Waals surface area contributed by atoms with E-state index < -0.39 is 34.2 Å². The summed E-state index contributed by atoms with van der Waals surface area (Å²) in [6.45, 7) is 2.17. The fourth-order valence-electron chi connectivity index (χ4n) is 5.85. The SMILES string of the molecule is Cn1cnnc1[C@]1(c2cccc(N3Cc4c(cc(CNC5(C)CCC5)cc4C(F)(F)F)C3=O)c2)C[S@+]([O-])C1. The number of alkyl halides is 3. The monoisotopic (exact) mass is 543 g/mol. The summed E-state index contributed by atoms with van der Waals surface area (Å²) in [6.07, 6.45) is 0.0675. The van der Waals surface area contributed by atoms with Gasteiger partial charge in [0.15, 0.2) is 5.82 Å². The third-order valence-electron chi connectivity index (χ3n) is 8.25. The van der Waals surface area contributed by atoms with E-state index in [0.29, 0.717) is 28.6 Å². The van der Waals surface area contributed by atoms with Crippen molar-refractivity contribution in [2.75, 3.05) is 16.4 Å². The maximum Gasteiger partial charge on any atom is 0.416 e. The van der Waals surface area contributed by atoms with Crippen LogP contribution in [0.2, 0.25) is 0 Å². The lowest BCUT2D eigenvalue weighted by atomic mass is 9.78. The van der Waals surface area contributed by atoms with E-state index >= 15 is 0 Å². The van der Waals surface area contributed by atoms with E-state index in [9.17, 15) is 22.5 Å². The van der Waals surface area contributed by atoms with Crippen molar-refractivity contribution in [2.45, 2.75) is 56.4 Å². The molecule has 2 fully saturated rings. The Morgan fingerprint density at radius 3 is 2.55 bits per heavy atom. The summed E-state index contributed by atoms with van der Waals surface area (Å²) < 4.78 is 56.4. The Morgan fingerprint density at radius 1 is 1.18 bits per heavy atom. The summed E-state index contributed by atoms with van der Waals surface area (Å²) in [5.41, 5.74) is 0.385. The second-order valence-corrected chi connectivity index (χ2v) is 12.4. The van der Waals surface area contributed by atoms with Gasteiger partial charge in [-0.2, -0.15) is 13.2 Å². The van der Waals surface area contributed by atoms with Gasteiger partial charge in [0.05, 0.1) is 12.1 Å². The molecule has 0 bridgehead atoms. The summed E-state index contributed by atoms with van der Waals surface area (Å²) in [7, 11) is 1.82. The van der Waals surface area contributed by atoms with Gasteiger partial charge in [0.2, 0.25) is 0 Å². The van der Waals surface area contributed by atoms with Gasteiger partial charge in [-0.25, -0.2) is 0 Å². The highest BCUT2D eigenvalue weighted by Crippen LogP contribution is 2.44. The maximum absolute atomic E-state index is 14.1. The highest BCUT2D eigenvalue weighted by Gasteiger charge is 2.54. The van der Waals surface area contributed by atoms with E-state index in [2.05, 4.69) is 22.4 Å². The molecule has 2 aliphatic heterocycles. The first-order chi connectivity index (χ1) is 18.0. The number of carbonyl (C=O) groups excluding carboxylic acids is 1. The van der Waals surface area contributed by atoms with Crippen molar-refractivity contribution in [3.05, 3.63) is 76.4 Å². The highest BCUT2D eigenvalue weighted by molar-refractivity contribution is 7.93. The van der Waals surface area contributed by atoms with E-state index in [-0.39, 0.29) is 29.8 Å². The summed E-state index contributed by atoms with van der Waals surface area (Å²) in [6, 6.07) is 9.96. The lowest BCUT2D eigenvalue weighted by Crippen LogP contribution is -2.54. The molecule has 0 spiro atoms. The number of benzene rings is 2. The smallest absolute Gasteiger partial charge is 0.416 e. The van der Waals surface area contributed by atoms with Crippen molar-refractivity contribution in [1.82, 2.24) is 20.1 Å². The van der Waals surface area contributed by atoms with Gasteiger partial charge in [-0.3, -0.25) is 4.79 Å². The number of hydrogen-bond acceptors (Lipinski definition) is 5. The van der Waals surface area contributed by atoms with Gasteiger partial charge in [-0.05, 0) is 67.1 Å². The molecule has 2 aromatic carbocycles. The van der Waals surface area contributed by atoms with E-state index in [1.165, 1.54) is 11.0 Å². The first kappa shape index (κ1) is 25.4. The summed E-state index contributed by atoms with van der Waals surface area (Å²) >= 11 is -1.02. The maximum atomic E-state index is 14.1. The Labute approximate surface area is 221 Å². The second-order valence-electron chi connectivity index (χ2n) is 11.0. The van der Waals surface area contributed by atoms with Gasteiger partial charge in [0, 0.05) is 30.4 Å². The lowest BCUT2D eigenvalue weighted by molar-refractivity contribution is -0.138. The molecule has 0 radical (unpaired) electrons. The Kier molecular flexibility index (Phi) is 5.89. The molecule has 1 N–H and O–H groups in total. The topological polar surface area (TPSA) is 86.1 Å². The number of aromatic nitrogens is 3. The lowest BCUT2D eigenvalue weighted by Gasteiger charge is -2.41. The number of rotatable bonds is 6. The molecule has 3 aliphatic rings. The molecular weight excluding hydrogens is 515 g/mol. The number of halogens is 3. The largest absolute Gasteiger partial charge is 0.616 e. The second kappa shape index (κ2) is 8.82. The predicted molar refractivity (Wildman–Crippen MR) is 137 cm³/mol. The molecule has 7 nitrogen and oxygen atoms in total. The fraction of sp³-hybridized carbons (Fsp3) is 0.444. The number of aryl methyl sites for hydroxylation is 1. The van der Waals surface area contributed by atoms with Crippen LogP contribution < -0.4 is 10.2 Å². The van der Waals surface area contributed by atoms with Crippen molar-refractivity contribution in [2.24, 2.45) is 7.05 Å². The summed E-state index contributed by atoms with van der Waals surface area (Å²) in [5.74, 6) is 0.946. The molecule has 11 heteroatoms. The zero-order chi connectivity index (χ0) is 26.9. The zero-order valence-electron chi connectivity index (χ0n) is 21.1. The van der Waals surface area contributed by atoms with Crippen LogP contribution in [0.4, 0.5) is 18.9 Å². The molecule has 1 aliphatic carbocycles. The molecule has 3 aromatic rings. The number of nitrogens with zero attached hydrogens (tertiary/aromatic N) is 4. The highest BCUT2D eigenvalue weighted by atomic mass is 32.2. The van der Waals surface area contributed by atoms with Crippen LogP contribution in [0.15, 0.2) is 42.7 Å². The minimum Gasteiger partial charge on any atom is -0.616 e. The van der Waals surface area contributed by atoms with Gasteiger partial charge in [-0.1, -0.05) is 23.3 Å². The molecule has 200 valence electrons. The Balaban J connectivity index is 1.34. The first-order valence-corrected chi connectivity index (χ1v) is 14.1. The van der Waals surface area contributed by atoms with Crippen LogP contribution in [0.3, 0.4) is 0 Å². The van der Waals surface area contributed by atoms with Crippen LogP contribution in [-0.4, -0.2) is 42.3 Å². The Morgan fingerprint density at radius 2 is 1.95 bits per heavy atom. The quantitative estimate of drug-likeness (QED) is 0.474. The van der Waals surface area contributed by atoms with Crippen LogP contribution in [0.1, 0.15) is 64.6 Å². The third-order valence-corrected chi connectivity index (χ3v) is 9.88. The number of nitrogens with one attached hydrogen (secondary N) is 1. The molecule has 1 saturated heterocycles. The van der Waals surface area contributed by atoms with Gasteiger partial charge in [0.25, 0.3) is 5.91 Å². The average molecular weight is 544 g/mol. The van der Waals surface area contributed by atoms with Crippen LogP contribution >= 0.6 is 0 Å². The molecule has 0 unspecified atom stereocenters. The number of fused-ring (bicyclic) bond motifs is 1. The molecule has 38 heavy (non-hydrogen) atoms.